The van der Waals surface area contributed by atoms with Crippen molar-refractivity contribution < 1.29 is 0 Å². The van der Waals surface area contributed by atoms with Gasteiger partial charge in [-0.2, -0.15) is 0 Å². The quantitative estimate of drug-likeness (QED) is 0.743. The third-order valence-corrected chi connectivity index (χ3v) is 2.96. The summed E-state index contributed by atoms with van der Waals surface area (Å²) in [5, 5.41) is 0. The molecule has 0 bridgehead atoms. The second-order valence-corrected chi connectivity index (χ2v) is 4.52. The van der Waals surface area contributed by atoms with Crippen molar-refractivity contribution in [3.63, 3.8) is 0 Å². The summed E-state index contributed by atoms with van der Waals surface area (Å²) < 4.78 is 0. The van der Waals surface area contributed by atoms with Gasteiger partial charge in [-0.3, -0.25) is 0 Å². The van der Waals surface area contributed by atoms with E-state index in [1.54, 1.807) is 0 Å². The maximum atomic E-state index is 4.44. The molecule has 0 aromatic carbocycles. The molecule has 0 N–H and O–H groups in total. The number of aromatic nitrogens is 2. The van der Waals surface area contributed by atoms with Gasteiger partial charge in [0.25, 0.3) is 0 Å². The second-order valence-electron chi connectivity index (χ2n) is 4.52. The fraction of sp³-hybridized carbons (Fsp3) is 0.667. The van der Waals surface area contributed by atoms with Crippen LogP contribution in [-0.2, 0) is 0 Å². The maximum absolute atomic E-state index is 4.44. The molecule has 0 unspecified atom stereocenters. The molecule has 15 heavy (non-hydrogen) atoms. The summed E-state index contributed by atoms with van der Waals surface area (Å²) >= 11 is 0. The van der Waals surface area contributed by atoms with Gasteiger partial charge in [-0.15, -0.1) is 0 Å². The zero-order valence-electron chi connectivity index (χ0n) is 9.61. The standard InChI is InChI=1S/C12H19N3/c1-10(2)11-8-13-12(14-9-11)15-6-4-3-5-7-15/h8-10H,3-7H2,1-2H3. The number of hydrogen-bond donors (Lipinski definition) is 0. The summed E-state index contributed by atoms with van der Waals surface area (Å²) in [6, 6.07) is 0. The van der Waals surface area contributed by atoms with E-state index in [2.05, 4.69) is 28.7 Å². The Kier molecular flexibility index (Phi) is 3.19. The largest absolute Gasteiger partial charge is 0.341 e. The number of hydrogen-bond acceptors (Lipinski definition) is 3. The molecule has 2 rings (SSSR count). The number of nitrogens with zero attached hydrogens (tertiary/aromatic N) is 3. The van der Waals surface area contributed by atoms with E-state index in [-0.39, 0.29) is 0 Å². The average Bonchev–Trinajstić information content (AvgIpc) is 2.30. The Bertz CT molecular complexity index is 299. The van der Waals surface area contributed by atoms with Gasteiger partial charge in [0.2, 0.25) is 5.95 Å². The predicted octanol–water partition coefficient (Wildman–Crippen LogP) is 2.59. The summed E-state index contributed by atoms with van der Waals surface area (Å²) in [7, 11) is 0. The zero-order valence-corrected chi connectivity index (χ0v) is 9.61. The SMILES string of the molecule is CC(C)c1cnc(N2CCCCC2)nc1. The molecule has 1 aromatic rings. The molecule has 0 aliphatic carbocycles. The normalized spacial score (nSPS) is 17.1. The summed E-state index contributed by atoms with van der Waals surface area (Å²) in [6.07, 6.45) is 7.81. The first kappa shape index (κ1) is 10.4. The van der Waals surface area contributed by atoms with Gasteiger partial charge in [0.05, 0.1) is 0 Å². The summed E-state index contributed by atoms with van der Waals surface area (Å²) in [5.41, 5.74) is 1.22. The molecular formula is C12H19N3. The van der Waals surface area contributed by atoms with Crippen molar-refractivity contribution in [1.82, 2.24) is 9.97 Å². The molecular weight excluding hydrogens is 186 g/mol. The van der Waals surface area contributed by atoms with Crippen LogP contribution in [0.15, 0.2) is 12.4 Å². The van der Waals surface area contributed by atoms with Crippen molar-refractivity contribution in [2.75, 3.05) is 18.0 Å². The molecule has 1 saturated heterocycles. The van der Waals surface area contributed by atoms with Crippen LogP contribution in [0.5, 0.6) is 0 Å². The monoisotopic (exact) mass is 205 g/mol. The van der Waals surface area contributed by atoms with Gasteiger partial charge in [0, 0.05) is 25.5 Å². The molecule has 3 heteroatoms. The van der Waals surface area contributed by atoms with Crippen LogP contribution in [0.2, 0.25) is 0 Å². The van der Waals surface area contributed by atoms with Gasteiger partial charge < -0.3 is 4.90 Å². The van der Waals surface area contributed by atoms with Crippen LogP contribution in [0.4, 0.5) is 5.95 Å². The van der Waals surface area contributed by atoms with Crippen molar-refractivity contribution >= 4 is 5.95 Å². The van der Waals surface area contributed by atoms with E-state index >= 15 is 0 Å². The lowest BCUT2D eigenvalue weighted by Crippen LogP contribution is -2.30. The van der Waals surface area contributed by atoms with Crippen molar-refractivity contribution in [2.45, 2.75) is 39.0 Å². The minimum Gasteiger partial charge on any atom is -0.341 e. The second kappa shape index (κ2) is 4.60. The van der Waals surface area contributed by atoms with Crippen LogP contribution in [0, 0.1) is 0 Å². The van der Waals surface area contributed by atoms with E-state index in [0.29, 0.717) is 5.92 Å². The van der Waals surface area contributed by atoms with Crippen molar-refractivity contribution in [3.8, 4) is 0 Å². The van der Waals surface area contributed by atoms with Crippen LogP contribution in [0.25, 0.3) is 0 Å². The van der Waals surface area contributed by atoms with Crippen LogP contribution < -0.4 is 4.90 Å². The smallest absolute Gasteiger partial charge is 0.225 e. The molecule has 0 amide bonds. The summed E-state index contributed by atoms with van der Waals surface area (Å²) in [4.78, 5) is 11.2. The molecule has 1 aliphatic rings. The fourth-order valence-electron chi connectivity index (χ4n) is 1.89. The van der Waals surface area contributed by atoms with E-state index in [0.717, 1.165) is 19.0 Å². The zero-order chi connectivity index (χ0) is 10.7. The highest BCUT2D eigenvalue weighted by Gasteiger charge is 2.13. The molecule has 2 heterocycles. The van der Waals surface area contributed by atoms with Gasteiger partial charge >= 0.3 is 0 Å². The Morgan fingerprint density at radius 1 is 1.07 bits per heavy atom. The van der Waals surface area contributed by atoms with Crippen molar-refractivity contribution in [1.29, 1.82) is 0 Å². The third-order valence-electron chi connectivity index (χ3n) is 2.96. The lowest BCUT2D eigenvalue weighted by molar-refractivity contribution is 0.567. The predicted molar refractivity (Wildman–Crippen MR) is 62.2 cm³/mol. The molecule has 1 aliphatic heterocycles. The summed E-state index contributed by atoms with van der Waals surface area (Å²) in [6.45, 7) is 6.56. The molecule has 0 spiro atoms. The van der Waals surface area contributed by atoms with E-state index in [9.17, 15) is 0 Å². The van der Waals surface area contributed by atoms with E-state index in [4.69, 9.17) is 0 Å². The Balaban J connectivity index is 2.08. The highest BCUT2D eigenvalue weighted by atomic mass is 15.2. The lowest BCUT2D eigenvalue weighted by atomic mass is 10.1. The van der Waals surface area contributed by atoms with E-state index < -0.39 is 0 Å². The third kappa shape index (κ3) is 2.46. The molecule has 0 saturated carbocycles. The van der Waals surface area contributed by atoms with Crippen molar-refractivity contribution in [3.05, 3.63) is 18.0 Å². The minimum absolute atomic E-state index is 0.514. The molecule has 1 fully saturated rings. The Labute approximate surface area is 91.5 Å². The van der Waals surface area contributed by atoms with Gasteiger partial charge in [-0.05, 0) is 30.7 Å². The lowest BCUT2D eigenvalue weighted by Gasteiger charge is -2.26. The summed E-state index contributed by atoms with van der Waals surface area (Å²) in [5.74, 6) is 1.42. The van der Waals surface area contributed by atoms with Gasteiger partial charge in [0.15, 0.2) is 0 Å². The van der Waals surface area contributed by atoms with Crippen LogP contribution in [0.3, 0.4) is 0 Å². The first-order valence-electron chi connectivity index (χ1n) is 5.84. The van der Waals surface area contributed by atoms with Crippen molar-refractivity contribution in [2.24, 2.45) is 0 Å². The number of rotatable bonds is 2. The fourth-order valence-corrected chi connectivity index (χ4v) is 1.89. The van der Waals surface area contributed by atoms with Crippen LogP contribution in [0.1, 0.15) is 44.6 Å². The highest BCUT2D eigenvalue weighted by Crippen LogP contribution is 2.17. The number of anilines is 1. The highest BCUT2D eigenvalue weighted by molar-refractivity contribution is 5.30. The Morgan fingerprint density at radius 3 is 2.20 bits per heavy atom. The van der Waals surface area contributed by atoms with Crippen LogP contribution >= 0.6 is 0 Å². The molecule has 82 valence electrons. The first-order valence-corrected chi connectivity index (χ1v) is 5.84. The van der Waals surface area contributed by atoms with Gasteiger partial charge in [-0.25, -0.2) is 9.97 Å². The molecule has 3 nitrogen and oxygen atoms in total. The van der Waals surface area contributed by atoms with E-state index in [1.807, 2.05) is 12.4 Å². The van der Waals surface area contributed by atoms with Crippen LogP contribution in [-0.4, -0.2) is 23.1 Å². The molecule has 0 atom stereocenters. The molecule has 0 radical (unpaired) electrons. The maximum Gasteiger partial charge on any atom is 0.225 e. The van der Waals surface area contributed by atoms with E-state index in [1.165, 1.54) is 24.8 Å². The topological polar surface area (TPSA) is 29.0 Å². The van der Waals surface area contributed by atoms with Gasteiger partial charge in [0.1, 0.15) is 0 Å². The minimum atomic E-state index is 0.514. The Morgan fingerprint density at radius 2 is 1.67 bits per heavy atom. The number of piperidine rings is 1. The average molecular weight is 205 g/mol. The first-order chi connectivity index (χ1) is 7.27. The molecule has 1 aromatic heterocycles. The Hall–Kier alpha value is -1.12. The van der Waals surface area contributed by atoms with Gasteiger partial charge in [-0.1, -0.05) is 13.8 Å².